The van der Waals surface area contributed by atoms with Crippen LogP contribution in [0.1, 0.15) is 56.8 Å². The van der Waals surface area contributed by atoms with Gasteiger partial charge in [-0.25, -0.2) is 20.2 Å². The number of imidazole rings is 1. The maximum absolute atomic E-state index is 12.6. The molecule has 2 aromatic heterocycles. The van der Waals surface area contributed by atoms with Crippen molar-refractivity contribution in [1.82, 2.24) is 25.8 Å². The van der Waals surface area contributed by atoms with Gasteiger partial charge in [-0.2, -0.15) is 0 Å². The van der Waals surface area contributed by atoms with Crippen LogP contribution in [0.4, 0.5) is 10.5 Å². The van der Waals surface area contributed by atoms with E-state index in [0.717, 1.165) is 12.8 Å². The molecule has 7 N–H and O–H groups in total. The summed E-state index contributed by atoms with van der Waals surface area (Å²) in [4.78, 5) is 34.8. The summed E-state index contributed by atoms with van der Waals surface area (Å²) in [6.45, 7) is 6.22. The van der Waals surface area contributed by atoms with Crippen molar-refractivity contribution in [3.8, 4) is 0 Å². The Morgan fingerprint density at radius 3 is 2.83 bits per heavy atom. The number of aromatic nitrogens is 3. The molecule has 0 spiro atoms. The van der Waals surface area contributed by atoms with E-state index in [1.54, 1.807) is 0 Å². The van der Waals surface area contributed by atoms with Crippen LogP contribution in [0.5, 0.6) is 0 Å². The monoisotopic (exact) mass is 403 g/mol. The number of primary amides is 1. The number of fused-ring (bicyclic) bond motifs is 1. The molecule has 29 heavy (non-hydrogen) atoms. The highest BCUT2D eigenvalue weighted by Gasteiger charge is 2.38. The molecule has 1 fully saturated rings. The average molecular weight is 403 g/mol. The molecule has 10 heteroatoms. The van der Waals surface area contributed by atoms with Crippen molar-refractivity contribution in [3.63, 3.8) is 0 Å². The van der Waals surface area contributed by atoms with E-state index in [4.69, 9.17) is 5.73 Å². The van der Waals surface area contributed by atoms with Gasteiger partial charge in [0.05, 0.1) is 23.2 Å². The predicted octanol–water partition coefficient (Wildman–Crippen LogP) is 1.65. The number of urea groups is 1. The summed E-state index contributed by atoms with van der Waals surface area (Å²) in [5, 5.41) is 14.3. The summed E-state index contributed by atoms with van der Waals surface area (Å²) in [6.07, 6.45) is 6.12. The molecule has 2 heterocycles. The quantitative estimate of drug-likeness (QED) is 0.417. The zero-order valence-electron chi connectivity index (χ0n) is 17.0. The smallest absolute Gasteiger partial charge is 0.330 e. The van der Waals surface area contributed by atoms with Crippen molar-refractivity contribution in [2.24, 2.45) is 17.6 Å². The first-order chi connectivity index (χ1) is 13.7. The number of carbonyl (C=O) groups excluding carboxylic acids is 2. The molecule has 1 aliphatic carbocycles. The van der Waals surface area contributed by atoms with Gasteiger partial charge in [0, 0.05) is 12.2 Å². The maximum atomic E-state index is 12.6. The van der Waals surface area contributed by atoms with Crippen molar-refractivity contribution in [3.05, 3.63) is 18.1 Å². The van der Waals surface area contributed by atoms with Gasteiger partial charge in [-0.05, 0) is 44.4 Å². The number of aromatic amines is 1. The van der Waals surface area contributed by atoms with Crippen LogP contribution < -0.4 is 21.9 Å². The van der Waals surface area contributed by atoms with E-state index in [1.165, 1.54) is 12.5 Å². The van der Waals surface area contributed by atoms with Crippen LogP contribution in [0.2, 0.25) is 0 Å². The fraction of sp³-hybridized carbons (Fsp3) is 0.579. The number of pyridine rings is 1. The average Bonchev–Trinajstić information content (AvgIpc) is 3.14. The Balaban J connectivity index is 1.88. The normalized spacial score (nSPS) is 25.4. The molecule has 1 unspecified atom stereocenters. The van der Waals surface area contributed by atoms with Crippen molar-refractivity contribution in [2.45, 2.75) is 58.1 Å². The van der Waals surface area contributed by atoms with Crippen LogP contribution in [0, 0.1) is 11.8 Å². The van der Waals surface area contributed by atoms with Gasteiger partial charge in [0.2, 0.25) is 0 Å². The Bertz CT molecular complexity index is 899. The molecule has 4 atom stereocenters. The topological polar surface area (TPSA) is 158 Å². The molecule has 1 aliphatic rings. The number of hydrazine groups is 1. The molecule has 158 valence electrons. The van der Waals surface area contributed by atoms with Crippen LogP contribution in [0.15, 0.2) is 12.5 Å². The highest BCUT2D eigenvalue weighted by atomic mass is 16.3. The van der Waals surface area contributed by atoms with E-state index < -0.39 is 17.5 Å². The van der Waals surface area contributed by atoms with Gasteiger partial charge in [0.25, 0.3) is 5.91 Å². The third kappa shape index (κ3) is 4.58. The minimum Gasteiger partial charge on any atom is -0.390 e. The van der Waals surface area contributed by atoms with E-state index >= 15 is 0 Å². The number of carbonyl (C=O) groups is 2. The van der Waals surface area contributed by atoms with Crippen LogP contribution in [0.25, 0.3) is 11.2 Å². The number of H-pyrrole nitrogens is 1. The first-order valence-electron chi connectivity index (χ1n) is 9.89. The van der Waals surface area contributed by atoms with E-state index in [-0.39, 0.29) is 17.5 Å². The minimum atomic E-state index is -0.869. The molecule has 0 saturated heterocycles. The number of nitrogens with one attached hydrogen (secondary N) is 4. The maximum Gasteiger partial charge on any atom is 0.330 e. The Hall–Kier alpha value is -2.88. The lowest BCUT2D eigenvalue weighted by Gasteiger charge is -2.42. The minimum absolute atomic E-state index is 0.0135. The van der Waals surface area contributed by atoms with Crippen LogP contribution in [-0.4, -0.2) is 43.6 Å². The number of amides is 3. The van der Waals surface area contributed by atoms with Gasteiger partial charge in [-0.1, -0.05) is 13.8 Å². The van der Waals surface area contributed by atoms with Crippen molar-refractivity contribution < 1.29 is 14.7 Å². The number of rotatable bonds is 5. The van der Waals surface area contributed by atoms with Crippen molar-refractivity contribution >= 4 is 28.8 Å². The first kappa shape index (κ1) is 20.8. The fourth-order valence-corrected chi connectivity index (χ4v) is 4.32. The van der Waals surface area contributed by atoms with Gasteiger partial charge >= 0.3 is 6.03 Å². The van der Waals surface area contributed by atoms with Crippen LogP contribution >= 0.6 is 0 Å². The summed E-state index contributed by atoms with van der Waals surface area (Å²) < 4.78 is 0. The van der Waals surface area contributed by atoms with Gasteiger partial charge in [0.15, 0.2) is 5.65 Å². The largest absolute Gasteiger partial charge is 0.390 e. The van der Waals surface area contributed by atoms with E-state index in [2.05, 4.69) is 38.0 Å². The summed E-state index contributed by atoms with van der Waals surface area (Å²) in [5.74, 6) is 0.0918. The Morgan fingerprint density at radius 2 is 2.14 bits per heavy atom. The summed E-state index contributed by atoms with van der Waals surface area (Å²) in [7, 11) is 0. The third-order valence-electron chi connectivity index (χ3n) is 5.81. The van der Waals surface area contributed by atoms with E-state index in [9.17, 15) is 14.7 Å². The highest BCUT2D eigenvalue weighted by Crippen LogP contribution is 2.40. The van der Waals surface area contributed by atoms with E-state index in [0.29, 0.717) is 35.6 Å². The SMILES string of the molecule is CC[C@]1(O)CC(C)C[C@H]([C@H](C)Nc2c(C(=O)NNC(N)=O)cnc3nc[nH]c23)C1. The van der Waals surface area contributed by atoms with Crippen LogP contribution in [-0.2, 0) is 0 Å². The lowest BCUT2D eigenvalue weighted by Crippen LogP contribution is -2.45. The molecule has 1 saturated carbocycles. The van der Waals surface area contributed by atoms with E-state index in [1.807, 2.05) is 13.8 Å². The molecule has 0 aliphatic heterocycles. The number of hydrogen-bond donors (Lipinski definition) is 6. The number of nitrogens with two attached hydrogens (primary N) is 1. The molecule has 3 amide bonds. The Morgan fingerprint density at radius 1 is 1.38 bits per heavy atom. The lowest BCUT2D eigenvalue weighted by molar-refractivity contribution is -0.0394. The molecule has 2 aromatic rings. The summed E-state index contributed by atoms with van der Waals surface area (Å²) >= 11 is 0. The Kier molecular flexibility index (Phi) is 5.92. The Labute approximate surface area is 169 Å². The molecular weight excluding hydrogens is 374 g/mol. The van der Waals surface area contributed by atoms with Crippen molar-refractivity contribution in [1.29, 1.82) is 0 Å². The number of aliphatic hydroxyl groups is 1. The lowest BCUT2D eigenvalue weighted by atomic mass is 9.70. The standard InChI is InChI=1S/C19H29N7O3/c1-4-19(29)6-10(2)5-12(7-19)11(3)24-14-13(17(27)25-26-18(20)28)8-21-16-15(14)22-9-23-16/h8-12,29H,4-7H2,1-3H3,(H,25,27)(H3,20,26,28)(H2,21,22,23,24)/t10?,11-,12-,19-/m0/s1. The third-order valence-corrected chi connectivity index (χ3v) is 5.81. The molecule has 0 aromatic carbocycles. The second-order valence-corrected chi connectivity index (χ2v) is 8.11. The zero-order valence-corrected chi connectivity index (χ0v) is 17.0. The second kappa shape index (κ2) is 8.24. The van der Waals surface area contributed by atoms with Crippen molar-refractivity contribution in [2.75, 3.05) is 5.32 Å². The predicted molar refractivity (Wildman–Crippen MR) is 109 cm³/mol. The van der Waals surface area contributed by atoms with Gasteiger partial charge in [0.1, 0.15) is 5.52 Å². The molecular formula is C19H29N7O3. The molecule has 10 nitrogen and oxygen atoms in total. The van der Waals surface area contributed by atoms with Gasteiger partial charge in [-0.3, -0.25) is 10.2 Å². The molecule has 3 rings (SSSR count). The molecule has 0 radical (unpaired) electrons. The number of nitrogens with zero attached hydrogens (tertiary/aromatic N) is 2. The summed E-state index contributed by atoms with van der Waals surface area (Å²) in [5.41, 5.74) is 10.6. The summed E-state index contributed by atoms with van der Waals surface area (Å²) in [6, 6.07) is -0.882. The zero-order chi connectivity index (χ0) is 21.2. The van der Waals surface area contributed by atoms with Crippen LogP contribution in [0.3, 0.4) is 0 Å². The van der Waals surface area contributed by atoms with Gasteiger partial charge in [-0.15, -0.1) is 0 Å². The highest BCUT2D eigenvalue weighted by molar-refractivity contribution is 6.05. The fourth-order valence-electron chi connectivity index (χ4n) is 4.32. The second-order valence-electron chi connectivity index (χ2n) is 8.11. The number of hydrogen-bond acceptors (Lipinski definition) is 6. The molecule has 0 bridgehead atoms. The van der Waals surface area contributed by atoms with Gasteiger partial charge < -0.3 is 21.1 Å². The first-order valence-corrected chi connectivity index (χ1v) is 9.89. The number of anilines is 1.